The van der Waals surface area contributed by atoms with Gasteiger partial charge in [0.2, 0.25) is 12.7 Å². The lowest BCUT2D eigenvalue weighted by molar-refractivity contribution is -0.115. The van der Waals surface area contributed by atoms with Crippen molar-refractivity contribution in [3.05, 3.63) is 83.4 Å². The first kappa shape index (κ1) is 20.5. The average Bonchev–Trinajstić information content (AvgIpc) is 3.45. The molecule has 2 heterocycles. The number of thioether (sulfide) groups is 1. The van der Waals surface area contributed by atoms with Crippen LogP contribution in [0.15, 0.2) is 66.7 Å². The summed E-state index contributed by atoms with van der Waals surface area (Å²) in [4.78, 5) is 27.2. The zero-order chi connectivity index (χ0) is 22.1. The maximum absolute atomic E-state index is 12.7. The van der Waals surface area contributed by atoms with Crippen LogP contribution in [0.4, 0.5) is 11.4 Å². The second-order valence-electron chi connectivity index (χ2n) is 7.59. The maximum Gasteiger partial charge on any atom is 0.255 e. The van der Waals surface area contributed by atoms with Crippen molar-refractivity contribution < 1.29 is 19.1 Å². The van der Waals surface area contributed by atoms with Crippen molar-refractivity contribution in [2.75, 3.05) is 22.8 Å². The molecular weight excluding hydrogens is 424 g/mol. The number of anilines is 2. The van der Waals surface area contributed by atoms with Gasteiger partial charge in [0, 0.05) is 23.0 Å². The summed E-state index contributed by atoms with van der Waals surface area (Å²) in [7, 11) is 0. The number of amides is 2. The van der Waals surface area contributed by atoms with E-state index in [1.54, 1.807) is 16.7 Å². The van der Waals surface area contributed by atoms with Crippen molar-refractivity contribution in [1.82, 2.24) is 0 Å². The molecule has 32 heavy (non-hydrogen) atoms. The zero-order valence-corrected chi connectivity index (χ0v) is 18.4. The molecule has 0 spiro atoms. The van der Waals surface area contributed by atoms with Crippen LogP contribution in [0.25, 0.3) is 0 Å². The molecule has 2 aliphatic rings. The Labute approximate surface area is 190 Å². The van der Waals surface area contributed by atoms with Gasteiger partial charge in [-0.15, -0.1) is 11.8 Å². The summed E-state index contributed by atoms with van der Waals surface area (Å²) >= 11 is 1.56. The summed E-state index contributed by atoms with van der Waals surface area (Å²) < 4.78 is 10.9. The fraction of sp³-hybridized carbons (Fsp3) is 0.200. The lowest BCUT2D eigenvalue weighted by Gasteiger charge is -2.25. The largest absolute Gasteiger partial charge is 0.454 e. The van der Waals surface area contributed by atoms with Crippen molar-refractivity contribution in [2.24, 2.45) is 0 Å². The molecule has 2 aliphatic heterocycles. The molecule has 162 valence electrons. The van der Waals surface area contributed by atoms with E-state index in [4.69, 9.17) is 9.47 Å². The van der Waals surface area contributed by atoms with Gasteiger partial charge in [-0.05, 0) is 53.9 Å². The predicted octanol–water partition coefficient (Wildman–Crippen LogP) is 5.01. The summed E-state index contributed by atoms with van der Waals surface area (Å²) in [6, 6.07) is 20.8. The minimum atomic E-state index is -0.191. The molecule has 1 N–H and O–H groups in total. The molecule has 1 saturated heterocycles. The second-order valence-corrected chi connectivity index (χ2v) is 8.66. The third-order valence-corrected chi connectivity index (χ3v) is 6.77. The zero-order valence-electron chi connectivity index (χ0n) is 17.5. The van der Waals surface area contributed by atoms with E-state index in [2.05, 4.69) is 12.2 Å². The lowest BCUT2D eigenvalue weighted by Crippen LogP contribution is -2.27. The highest BCUT2D eigenvalue weighted by atomic mass is 32.2. The standard InChI is InChI=1S/C25H22N2O4S/c1-2-16-6-8-17(9-7-16)24(29)26-19-5-3-4-18(12-19)25-27(23(28)14-32-25)20-10-11-21-22(13-20)31-15-30-21/h3-13,25H,2,14-15H2,1H3,(H,26,29)/t25-/m0/s1. The van der Waals surface area contributed by atoms with Gasteiger partial charge in [0.25, 0.3) is 5.91 Å². The SMILES string of the molecule is CCc1ccc(C(=O)Nc2cccc([C@@H]3SCC(=O)N3c3ccc4c(c3)OCO4)c2)cc1. The summed E-state index contributed by atoms with van der Waals surface area (Å²) in [5.41, 5.74) is 4.20. The van der Waals surface area contributed by atoms with E-state index in [9.17, 15) is 9.59 Å². The number of benzene rings is 3. The molecule has 1 fully saturated rings. The van der Waals surface area contributed by atoms with E-state index in [1.807, 2.05) is 66.7 Å². The highest BCUT2D eigenvalue weighted by Crippen LogP contribution is 2.45. The predicted molar refractivity (Wildman–Crippen MR) is 125 cm³/mol. The number of carbonyl (C=O) groups excluding carboxylic acids is 2. The smallest absolute Gasteiger partial charge is 0.255 e. The molecule has 6 nitrogen and oxygen atoms in total. The van der Waals surface area contributed by atoms with Crippen molar-refractivity contribution in [3.8, 4) is 11.5 Å². The molecule has 0 aromatic heterocycles. The van der Waals surface area contributed by atoms with Gasteiger partial charge in [0.1, 0.15) is 5.37 Å². The maximum atomic E-state index is 12.7. The monoisotopic (exact) mass is 446 g/mol. The first-order valence-corrected chi connectivity index (χ1v) is 11.5. The van der Waals surface area contributed by atoms with Crippen molar-refractivity contribution in [1.29, 1.82) is 0 Å². The average molecular weight is 447 g/mol. The Bertz CT molecular complexity index is 1180. The van der Waals surface area contributed by atoms with Crippen LogP contribution in [0.1, 0.15) is 33.8 Å². The number of ether oxygens (including phenoxy) is 2. The molecule has 0 aliphatic carbocycles. The molecule has 0 bridgehead atoms. The molecular formula is C25H22N2O4S. The molecule has 1 atom stereocenters. The van der Waals surface area contributed by atoms with E-state index < -0.39 is 0 Å². The number of fused-ring (bicyclic) bond motifs is 1. The Morgan fingerprint density at radius 3 is 2.69 bits per heavy atom. The highest BCUT2D eigenvalue weighted by molar-refractivity contribution is 8.00. The van der Waals surface area contributed by atoms with E-state index >= 15 is 0 Å². The fourth-order valence-corrected chi connectivity index (χ4v) is 5.02. The van der Waals surface area contributed by atoms with E-state index in [0.29, 0.717) is 28.5 Å². The Hall–Kier alpha value is -3.45. The van der Waals surface area contributed by atoms with Crippen molar-refractivity contribution >= 4 is 35.0 Å². The highest BCUT2D eigenvalue weighted by Gasteiger charge is 2.35. The molecule has 3 aromatic rings. The minimum Gasteiger partial charge on any atom is -0.454 e. The molecule has 3 aromatic carbocycles. The third kappa shape index (κ3) is 3.91. The quantitative estimate of drug-likeness (QED) is 0.597. The molecule has 0 radical (unpaired) electrons. The number of rotatable bonds is 5. The van der Waals surface area contributed by atoms with Crippen molar-refractivity contribution in [2.45, 2.75) is 18.7 Å². The van der Waals surface area contributed by atoms with E-state index in [0.717, 1.165) is 17.7 Å². The first-order chi connectivity index (χ1) is 15.6. The number of hydrogen-bond donors (Lipinski definition) is 1. The Balaban J connectivity index is 1.38. The summed E-state index contributed by atoms with van der Waals surface area (Å²) in [5.74, 6) is 1.58. The normalized spacial score (nSPS) is 17.0. The Morgan fingerprint density at radius 2 is 1.88 bits per heavy atom. The second kappa shape index (κ2) is 8.59. The molecule has 0 saturated carbocycles. The number of aryl methyl sites for hydroxylation is 1. The minimum absolute atomic E-state index is 0.0318. The Morgan fingerprint density at radius 1 is 1.06 bits per heavy atom. The summed E-state index contributed by atoms with van der Waals surface area (Å²) in [5, 5.41) is 2.78. The van der Waals surface area contributed by atoms with E-state index in [1.165, 1.54) is 5.56 Å². The van der Waals surface area contributed by atoms with Crippen LogP contribution in [0, 0.1) is 0 Å². The molecule has 5 rings (SSSR count). The van der Waals surface area contributed by atoms with Crippen LogP contribution in [0.3, 0.4) is 0 Å². The van der Waals surface area contributed by atoms with Gasteiger partial charge >= 0.3 is 0 Å². The number of nitrogens with one attached hydrogen (secondary N) is 1. The van der Waals surface area contributed by atoms with E-state index in [-0.39, 0.29) is 24.0 Å². The topological polar surface area (TPSA) is 67.9 Å². The van der Waals surface area contributed by atoms with Crippen LogP contribution < -0.4 is 19.7 Å². The fourth-order valence-electron chi connectivity index (χ4n) is 3.85. The molecule has 0 unspecified atom stereocenters. The number of hydrogen-bond acceptors (Lipinski definition) is 5. The third-order valence-electron chi connectivity index (χ3n) is 5.56. The van der Waals surface area contributed by atoms with Crippen LogP contribution in [0.5, 0.6) is 11.5 Å². The van der Waals surface area contributed by atoms with Gasteiger partial charge in [-0.3, -0.25) is 14.5 Å². The molecule has 7 heteroatoms. The Kier molecular flexibility index (Phi) is 5.49. The van der Waals surface area contributed by atoms with Gasteiger partial charge in [-0.1, -0.05) is 31.2 Å². The molecule has 2 amide bonds. The van der Waals surface area contributed by atoms with Gasteiger partial charge < -0.3 is 14.8 Å². The lowest BCUT2D eigenvalue weighted by atomic mass is 10.1. The van der Waals surface area contributed by atoms with Crippen LogP contribution in [-0.2, 0) is 11.2 Å². The summed E-state index contributed by atoms with van der Waals surface area (Å²) in [6.45, 7) is 2.27. The number of carbonyl (C=O) groups is 2. The van der Waals surface area contributed by atoms with Gasteiger partial charge in [-0.25, -0.2) is 0 Å². The van der Waals surface area contributed by atoms with Gasteiger partial charge in [-0.2, -0.15) is 0 Å². The van der Waals surface area contributed by atoms with Crippen LogP contribution in [0.2, 0.25) is 0 Å². The summed E-state index contributed by atoms with van der Waals surface area (Å²) in [6.07, 6.45) is 0.932. The number of nitrogens with zero attached hydrogens (tertiary/aromatic N) is 1. The van der Waals surface area contributed by atoms with Crippen LogP contribution >= 0.6 is 11.8 Å². The first-order valence-electron chi connectivity index (χ1n) is 10.5. The van der Waals surface area contributed by atoms with Gasteiger partial charge in [0.15, 0.2) is 11.5 Å². The van der Waals surface area contributed by atoms with Gasteiger partial charge in [0.05, 0.1) is 5.75 Å². The van der Waals surface area contributed by atoms with Crippen LogP contribution in [-0.4, -0.2) is 24.4 Å². The van der Waals surface area contributed by atoms with Crippen molar-refractivity contribution in [3.63, 3.8) is 0 Å².